The van der Waals surface area contributed by atoms with Crippen LogP contribution in [0, 0.1) is 3.57 Å². The molecule has 0 bridgehead atoms. The lowest BCUT2D eigenvalue weighted by Crippen LogP contribution is -1.92. The van der Waals surface area contributed by atoms with Crippen molar-refractivity contribution >= 4 is 38.5 Å². The Hall–Kier alpha value is 0.360. The van der Waals surface area contributed by atoms with Gasteiger partial charge < -0.3 is 0 Å². The smallest absolute Gasteiger partial charge is 0.0556 e. The summed E-state index contributed by atoms with van der Waals surface area (Å²) in [6.45, 7) is 2.20. The quantitative estimate of drug-likeness (QED) is 0.763. The summed E-state index contributed by atoms with van der Waals surface area (Å²) in [5, 5.41) is 0. The molecule has 0 unspecified atom stereocenters. The number of unbranched alkanes of at least 4 members (excludes halogenated alkanes) is 1. The molecule has 0 aliphatic heterocycles. The summed E-state index contributed by atoms with van der Waals surface area (Å²) in [5.41, 5.74) is 1.18. The molecule has 0 amide bonds. The Balaban J connectivity index is 2.78. The monoisotopic (exact) mass is 339 g/mol. The Morgan fingerprint density at radius 3 is 3.00 bits per heavy atom. The third-order valence-electron chi connectivity index (χ3n) is 1.68. The van der Waals surface area contributed by atoms with Crippen molar-refractivity contribution in [3.8, 4) is 0 Å². The van der Waals surface area contributed by atoms with E-state index >= 15 is 0 Å². The molecular weight excluding hydrogens is 329 g/mol. The summed E-state index contributed by atoms with van der Waals surface area (Å²) in [5.74, 6) is 0. The highest BCUT2D eigenvalue weighted by molar-refractivity contribution is 14.1. The second kappa shape index (κ2) is 5.17. The third-order valence-corrected chi connectivity index (χ3v) is 4.21. The Morgan fingerprint density at radius 2 is 2.33 bits per heavy atom. The Kier molecular flexibility index (Phi) is 4.50. The van der Waals surface area contributed by atoms with E-state index in [-0.39, 0.29) is 0 Å². The lowest BCUT2D eigenvalue weighted by atomic mass is 10.2. The summed E-state index contributed by atoms with van der Waals surface area (Å²) < 4.78 is 2.41. The van der Waals surface area contributed by atoms with E-state index in [2.05, 4.69) is 50.4 Å². The summed E-state index contributed by atoms with van der Waals surface area (Å²) in [4.78, 5) is 4.32. The van der Waals surface area contributed by atoms with E-state index in [0.29, 0.717) is 0 Å². The molecule has 3 heteroatoms. The van der Waals surface area contributed by atoms with E-state index < -0.39 is 0 Å². The normalized spacial score (nSPS) is 10.2. The number of rotatable bonds is 3. The van der Waals surface area contributed by atoms with Crippen molar-refractivity contribution in [2.45, 2.75) is 26.2 Å². The Morgan fingerprint density at radius 1 is 1.58 bits per heavy atom. The van der Waals surface area contributed by atoms with Gasteiger partial charge >= 0.3 is 0 Å². The van der Waals surface area contributed by atoms with Gasteiger partial charge in [-0.15, -0.1) is 0 Å². The van der Waals surface area contributed by atoms with Gasteiger partial charge in [0.2, 0.25) is 0 Å². The molecule has 1 heterocycles. The predicted octanol–water partition coefficient (Wildman–Crippen LogP) is 3.79. The van der Waals surface area contributed by atoms with Crippen LogP contribution in [0.25, 0.3) is 0 Å². The van der Waals surface area contributed by atoms with Gasteiger partial charge in [-0.25, -0.2) is 0 Å². The van der Waals surface area contributed by atoms with Gasteiger partial charge in [0.1, 0.15) is 0 Å². The number of pyridine rings is 1. The molecule has 1 rings (SSSR count). The van der Waals surface area contributed by atoms with Crippen LogP contribution < -0.4 is 0 Å². The van der Waals surface area contributed by atoms with Gasteiger partial charge in [-0.2, -0.15) is 0 Å². The molecule has 1 aromatic rings. The molecule has 0 radical (unpaired) electrons. The number of nitrogens with zero attached hydrogens (tertiary/aromatic N) is 1. The van der Waals surface area contributed by atoms with E-state index in [4.69, 9.17) is 0 Å². The molecule has 0 saturated carbocycles. The maximum Gasteiger partial charge on any atom is 0.0556 e. The van der Waals surface area contributed by atoms with Crippen LogP contribution in [-0.4, -0.2) is 4.98 Å². The average molecular weight is 340 g/mol. The summed E-state index contributed by atoms with van der Waals surface area (Å²) in [6, 6.07) is 2.01. The standard InChI is InChI=1S/C9H11BrIN/c1-2-3-4-8-9(10)7(11)5-6-12-8/h5-6H,2-4H2,1H3. The van der Waals surface area contributed by atoms with Crippen LogP contribution in [-0.2, 0) is 6.42 Å². The lowest BCUT2D eigenvalue weighted by Gasteiger charge is -2.03. The second-order valence-corrected chi connectivity index (χ2v) is 4.61. The second-order valence-electron chi connectivity index (χ2n) is 2.66. The van der Waals surface area contributed by atoms with Crippen molar-refractivity contribution < 1.29 is 0 Å². The maximum atomic E-state index is 4.32. The highest BCUT2D eigenvalue weighted by atomic mass is 127. The Bertz CT molecular complexity index is 263. The van der Waals surface area contributed by atoms with E-state index in [0.717, 1.165) is 6.42 Å². The van der Waals surface area contributed by atoms with Crippen molar-refractivity contribution in [3.05, 3.63) is 26.0 Å². The van der Waals surface area contributed by atoms with Crippen LogP contribution in [0.5, 0.6) is 0 Å². The molecule has 1 nitrogen and oxygen atoms in total. The fraction of sp³-hybridized carbons (Fsp3) is 0.444. The predicted molar refractivity (Wildman–Crippen MR) is 63.3 cm³/mol. The van der Waals surface area contributed by atoms with Crippen LogP contribution in [0.4, 0.5) is 0 Å². The molecule has 0 aliphatic rings. The first-order chi connectivity index (χ1) is 5.75. The number of hydrogen-bond acceptors (Lipinski definition) is 1. The van der Waals surface area contributed by atoms with Crippen molar-refractivity contribution in [2.75, 3.05) is 0 Å². The largest absolute Gasteiger partial charge is 0.260 e. The first-order valence-electron chi connectivity index (χ1n) is 4.04. The minimum atomic E-state index is 1.08. The molecule has 66 valence electrons. The van der Waals surface area contributed by atoms with Crippen LogP contribution in [0.2, 0.25) is 0 Å². The SMILES string of the molecule is CCCCc1nccc(I)c1Br. The number of aryl methyl sites for hydroxylation is 1. The number of aromatic nitrogens is 1. The number of halogens is 2. The highest BCUT2D eigenvalue weighted by Crippen LogP contribution is 2.22. The van der Waals surface area contributed by atoms with Crippen LogP contribution >= 0.6 is 38.5 Å². The average Bonchev–Trinajstić information content (AvgIpc) is 2.08. The van der Waals surface area contributed by atoms with E-state index in [1.165, 1.54) is 26.6 Å². The highest BCUT2D eigenvalue weighted by Gasteiger charge is 2.03. The fourth-order valence-corrected chi connectivity index (χ4v) is 1.88. The first-order valence-corrected chi connectivity index (χ1v) is 5.91. The zero-order valence-corrected chi connectivity index (χ0v) is 10.7. The maximum absolute atomic E-state index is 4.32. The molecule has 0 spiro atoms. The van der Waals surface area contributed by atoms with Gasteiger partial charge in [-0.1, -0.05) is 13.3 Å². The van der Waals surface area contributed by atoms with Crippen molar-refractivity contribution in [2.24, 2.45) is 0 Å². The zero-order chi connectivity index (χ0) is 8.97. The molecule has 0 aromatic carbocycles. The number of hydrogen-bond donors (Lipinski definition) is 0. The topological polar surface area (TPSA) is 12.9 Å². The van der Waals surface area contributed by atoms with Crippen molar-refractivity contribution in [3.63, 3.8) is 0 Å². The zero-order valence-electron chi connectivity index (χ0n) is 6.98. The molecule has 0 N–H and O–H groups in total. The van der Waals surface area contributed by atoms with Gasteiger partial charge in [0.25, 0.3) is 0 Å². The fourth-order valence-electron chi connectivity index (χ4n) is 0.979. The molecule has 0 atom stereocenters. The van der Waals surface area contributed by atoms with Crippen LogP contribution in [0.3, 0.4) is 0 Å². The van der Waals surface area contributed by atoms with E-state index in [1.807, 2.05) is 12.3 Å². The Labute approximate surface area is 95.2 Å². The summed E-state index contributed by atoms with van der Waals surface area (Å²) in [7, 11) is 0. The molecule has 1 aromatic heterocycles. The summed E-state index contributed by atoms with van der Waals surface area (Å²) in [6.07, 6.45) is 5.39. The lowest BCUT2D eigenvalue weighted by molar-refractivity contribution is 0.772. The van der Waals surface area contributed by atoms with Crippen LogP contribution in [0.15, 0.2) is 16.7 Å². The molecule has 0 saturated heterocycles. The van der Waals surface area contributed by atoms with Crippen molar-refractivity contribution in [1.29, 1.82) is 0 Å². The van der Waals surface area contributed by atoms with Crippen molar-refractivity contribution in [1.82, 2.24) is 4.98 Å². The summed E-state index contributed by atoms with van der Waals surface area (Å²) >= 11 is 5.86. The van der Waals surface area contributed by atoms with Crippen LogP contribution in [0.1, 0.15) is 25.5 Å². The molecule has 12 heavy (non-hydrogen) atoms. The molecule has 0 fully saturated rings. The molecular formula is C9H11BrIN. The van der Waals surface area contributed by atoms with E-state index in [1.54, 1.807) is 0 Å². The van der Waals surface area contributed by atoms with Gasteiger partial charge in [0.15, 0.2) is 0 Å². The van der Waals surface area contributed by atoms with E-state index in [9.17, 15) is 0 Å². The minimum Gasteiger partial charge on any atom is -0.260 e. The third kappa shape index (κ3) is 2.69. The molecule has 0 aliphatic carbocycles. The van der Waals surface area contributed by atoms with Gasteiger partial charge in [-0.05, 0) is 57.4 Å². The first kappa shape index (κ1) is 10.4. The van der Waals surface area contributed by atoms with Gasteiger partial charge in [0, 0.05) is 9.77 Å². The van der Waals surface area contributed by atoms with Gasteiger partial charge in [0.05, 0.1) is 10.2 Å². The van der Waals surface area contributed by atoms with Gasteiger partial charge in [-0.3, -0.25) is 4.98 Å². The minimum absolute atomic E-state index is 1.08.